The smallest absolute Gasteiger partial charge is 0.396 e. The second-order valence-electron chi connectivity index (χ2n) is 1.42. The van der Waals surface area contributed by atoms with Gasteiger partial charge in [0.25, 0.3) is 0 Å². The first kappa shape index (κ1) is 9.37. The molecule has 0 aliphatic heterocycles. The van der Waals surface area contributed by atoms with Gasteiger partial charge in [0.1, 0.15) is 0 Å². The lowest BCUT2D eigenvalue weighted by Crippen LogP contribution is -2.32. The highest BCUT2D eigenvalue weighted by Gasteiger charge is 2.10. The molecule has 11 heavy (non-hydrogen) atoms. The number of hydrogen-bond donors (Lipinski definition) is 3. The van der Waals surface area contributed by atoms with Crippen LogP contribution in [0.4, 0.5) is 0 Å². The van der Waals surface area contributed by atoms with Gasteiger partial charge in [-0.1, -0.05) is 0 Å². The van der Waals surface area contributed by atoms with Crippen LogP contribution in [0.25, 0.3) is 0 Å². The second-order valence-corrected chi connectivity index (χ2v) is 1.42. The Morgan fingerprint density at radius 3 is 2.18 bits per heavy atom. The molecule has 0 spiro atoms. The molecule has 7 nitrogen and oxygen atoms in total. The van der Waals surface area contributed by atoms with Gasteiger partial charge in [-0.2, -0.15) is 0 Å². The van der Waals surface area contributed by atoms with Crippen LogP contribution < -0.4 is 5.48 Å². The average molecular weight is 163 g/mol. The van der Waals surface area contributed by atoms with Crippen LogP contribution in [0.2, 0.25) is 0 Å². The molecule has 1 amide bonds. The molecule has 0 saturated heterocycles. The van der Waals surface area contributed by atoms with Crippen molar-refractivity contribution in [1.29, 1.82) is 0 Å². The highest BCUT2D eigenvalue weighted by molar-refractivity contribution is 6.31. The number of hydrogen-bond acceptors (Lipinski definition) is 4. The molecule has 0 unspecified atom stereocenters. The minimum atomic E-state index is -1.74. The number of nitrogens with one attached hydrogen (secondary N) is 1. The maximum absolute atomic E-state index is 10.1. The molecular formula is C4H5NO6. The fraction of sp³-hybridized carbons (Fsp3) is 0.250. The van der Waals surface area contributed by atoms with Crippen molar-refractivity contribution in [2.24, 2.45) is 0 Å². The summed E-state index contributed by atoms with van der Waals surface area (Å²) in [6.07, 6.45) is 0. The Kier molecular flexibility index (Phi) is 3.60. The maximum Gasteiger partial charge on any atom is 0.396 e. The van der Waals surface area contributed by atoms with Gasteiger partial charge in [0, 0.05) is 0 Å². The summed E-state index contributed by atoms with van der Waals surface area (Å²) in [6.45, 7) is -0.779. The highest BCUT2D eigenvalue weighted by atomic mass is 16.7. The summed E-state index contributed by atoms with van der Waals surface area (Å²) >= 11 is 0. The number of carbonyl (C=O) groups excluding carboxylic acids is 1. The van der Waals surface area contributed by atoms with Crippen LogP contribution in [-0.2, 0) is 19.2 Å². The molecule has 0 aromatic heterocycles. The highest BCUT2D eigenvalue weighted by Crippen LogP contribution is 1.70. The maximum atomic E-state index is 10.1. The predicted octanol–water partition coefficient (Wildman–Crippen LogP) is -1.80. The fourth-order valence-electron chi connectivity index (χ4n) is 0.207. The van der Waals surface area contributed by atoms with E-state index in [1.165, 1.54) is 5.48 Å². The van der Waals surface area contributed by atoms with Gasteiger partial charge in [-0.25, -0.2) is 15.1 Å². The number of carbonyl (C=O) groups is 3. The van der Waals surface area contributed by atoms with E-state index in [-0.39, 0.29) is 0 Å². The van der Waals surface area contributed by atoms with Crippen LogP contribution in [0, 0.1) is 0 Å². The molecule has 0 saturated carbocycles. The second kappa shape index (κ2) is 4.23. The average Bonchev–Trinajstić information content (AvgIpc) is 1.86. The molecule has 3 N–H and O–H groups in total. The molecule has 62 valence electrons. The summed E-state index contributed by atoms with van der Waals surface area (Å²) in [7, 11) is 0. The lowest BCUT2D eigenvalue weighted by Gasteiger charge is -1.97. The number of carboxylic acid groups (broad SMARTS) is 2. The molecule has 0 aliphatic carbocycles. The van der Waals surface area contributed by atoms with Gasteiger partial charge in [-0.15, -0.1) is 0 Å². The van der Waals surface area contributed by atoms with Crippen molar-refractivity contribution in [3.63, 3.8) is 0 Å². The van der Waals surface area contributed by atoms with E-state index in [9.17, 15) is 14.4 Å². The first-order valence-electron chi connectivity index (χ1n) is 2.41. The normalized spacial score (nSPS) is 8.73. The molecule has 0 radical (unpaired) electrons. The van der Waals surface area contributed by atoms with Crippen LogP contribution in [0.15, 0.2) is 0 Å². The number of rotatable bonds is 3. The standard InChI is InChI=1S/C4H5NO6/c6-2(7)1-11-5-3(8)4(9)10/h1H2,(H,5,8)(H,6,7)(H,9,10). The van der Waals surface area contributed by atoms with E-state index in [2.05, 4.69) is 4.84 Å². The van der Waals surface area contributed by atoms with Crippen LogP contribution in [-0.4, -0.2) is 34.7 Å². The third-order valence-electron chi connectivity index (χ3n) is 0.555. The minimum Gasteiger partial charge on any atom is -0.479 e. The Hall–Kier alpha value is -1.63. The zero-order valence-electron chi connectivity index (χ0n) is 5.23. The molecular weight excluding hydrogens is 158 g/mol. The summed E-state index contributed by atoms with van der Waals surface area (Å²) in [5.74, 6) is -4.46. The van der Waals surface area contributed by atoms with Crippen LogP contribution >= 0.6 is 0 Å². The summed E-state index contributed by atoms with van der Waals surface area (Å²) in [5.41, 5.74) is 1.39. The number of hydroxylamine groups is 1. The molecule has 0 fully saturated rings. The Bertz CT molecular complexity index is 187. The van der Waals surface area contributed by atoms with Gasteiger partial charge in [0.05, 0.1) is 0 Å². The fourth-order valence-corrected chi connectivity index (χ4v) is 0.207. The van der Waals surface area contributed by atoms with Crippen molar-refractivity contribution < 1.29 is 29.4 Å². The van der Waals surface area contributed by atoms with Crippen LogP contribution in [0.3, 0.4) is 0 Å². The van der Waals surface area contributed by atoms with Crippen molar-refractivity contribution in [3.8, 4) is 0 Å². The Morgan fingerprint density at radius 1 is 1.27 bits per heavy atom. The van der Waals surface area contributed by atoms with E-state index in [4.69, 9.17) is 10.2 Å². The number of amides is 1. The zero-order valence-corrected chi connectivity index (χ0v) is 5.23. The minimum absolute atomic E-state index is 0.779. The van der Waals surface area contributed by atoms with Crippen LogP contribution in [0.5, 0.6) is 0 Å². The molecule has 0 aromatic carbocycles. The zero-order chi connectivity index (χ0) is 8.85. The summed E-state index contributed by atoms with van der Waals surface area (Å²) < 4.78 is 0. The number of carboxylic acids is 2. The van der Waals surface area contributed by atoms with Gasteiger partial charge in [-0.05, 0) is 0 Å². The first-order chi connectivity index (χ1) is 5.04. The van der Waals surface area contributed by atoms with Crippen molar-refractivity contribution in [3.05, 3.63) is 0 Å². The first-order valence-corrected chi connectivity index (χ1v) is 2.41. The van der Waals surface area contributed by atoms with Crippen LogP contribution in [0.1, 0.15) is 0 Å². The van der Waals surface area contributed by atoms with Gasteiger partial charge in [-0.3, -0.25) is 9.63 Å². The quantitative estimate of drug-likeness (QED) is 0.334. The molecule has 7 heteroatoms. The predicted molar refractivity (Wildman–Crippen MR) is 29.4 cm³/mol. The van der Waals surface area contributed by atoms with Crippen molar-refractivity contribution in [2.45, 2.75) is 0 Å². The molecule has 0 aliphatic rings. The lowest BCUT2D eigenvalue weighted by atomic mass is 10.7. The van der Waals surface area contributed by atoms with E-state index in [1.807, 2.05) is 0 Å². The third-order valence-corrected chi connectivity index (χ3v) is 0.555. The molecule has 0 atom stereocenters. The van der Waals surface area contributed by atoms with Crippen molar-refractivity contribution in [2.75, 3.05) is 6.61 Å². The Morgan fingerprint density at radius 2 is 1.82 bits per heavy atom. The summed E-state index contributed by atoms with van der Waals surface area (Å²) in [6, 6.07) is 0. The van der Waals surface area contributed by atoms with Crippen molar-refractivity contribution in [1.82, 2.24) is 5.48 Å². The Labute approximate surface area is 60.5 Å². The summed E-state index contributed by atoms with van der Waals surface area (Å²) in [4.78, 5) is 33.5. The van der Waals surface area contributed by atoms with Gasteiger partial charge < -0.3 is 10.2 Å². The van der Waals surface area contributed by atoms with Gasteiger partial charge in [0.15, 0.2) is 6.61 Å². The van der Waals surface area contributed by atoms with E-state index in [0.29, 0.717) is 0 Å². The molecule has 0 heterocycles. The van der Waals surface area contributed by atoms with Crippen molar-refractivity contribution >= 4 is 17.8 Å². The van der Waals surface area contributed by atoms with E-state index in [1.54, 1.807) is 0 Å². The van der Waals surface area contributed by atoms with E-state index in [0.717, 1.165) is 0 Å². The molecule has 0 aromatic rings. The Balaban J connectivity index is 3.47. The third kappa shape index (κ3) is 4.85. The topological polar surface area (TPSA) is 113 Å². The SMILES string of the molecule is O=C(O)CONC(=O)C(=O)O. The van der Waals surface area contributed by atoms with Gasteiger partial charge >= 0.3 is 17.8 Å². The molecule has 0 bridgehead atoms. The molecule has 0 rings (SSSR count). The van der Waals surface area contributed by atoms with E-state index < -0.39 is 24.5 Å². The lowest BCUT2D eigenvalue weighted by molar-refractivity contribution is -0.160. The summed E-state index contributed by atoms with van der Waals surface area (Å²) in [5, 5.41) is 15.8. The monoisotopic (exact) mass is 163 g/mol. The van der Waals surface area contributed by atoms with Gasteiger partial charge in [0.2, 0.25) is 0 Å². The number of aliphatic carboxylic acids is 2. The van der Waals surface area contributed by atoms with E-state index >= 15 is 0 Å². The largest absolute Gasteiger partial charge is 0.479 e.